The van der Waals surface area contributed by atoms with Gasteiger partial charge in [0.1, 0.15) is 0 Å². The molecule has 13 heavy (non-hydrogen) atoms. The minimum Gasteiger partial charge on any atom is -0.354 e. The van der Waals surface area contributed by atoms with Crippen LogP contribution in [0.3, 0.4) is 0 Å². The van der Waals surface area contributed by atoms with Crippen molar-refractivity contribution in [3.8, 4) is 0 Å². The molecule has 0 saturated carbocycles. The molecule has 0 atom stereocenters. The zero-order valence-electron chi connectivity index (χ0n) is 7.61. The minimum absolute atomic E-state index is 0.992. The molecule has 4 heteroatoms. The highest BCUT2D eigenvalue weighted by Crippen LogP contribution is 2.08. The normalized spacial score (nSPS) is 18.3. The molecule has 1 saturated heterocycles. The Bertz CT molecular complexity index is 241. The molecule has 0 aromatic carbocycles. The third-order valence-electron chi connectivity index (χ3n) is 2.22. The molecule has 1 aliphatic heterocycles. The molecule has 0 radical (unpaired) electrons. The summed E-state index contributed by atoms with van der Waals surface area (Å²) in [4.78, 5) is 2.27. The van der Waals surface area contributed by atoms with E-state index < -0.39 is 0 Å². The summed E-state index contributed by atoms with van der Waals surface area (Å²) in [6.45, 7) is 4.25. The van der Waals surface area contributed by atoms with Crippen LogP contribution in [-0.4, -0.2) is 36.4 Å². The van der Waals surface area contributed by atoms with Crippen LogP contribution in [0.2, 0.25) is 0 Å². The summed E-state index contributed by atoms with van der Waals surface area (Å²) in [5.74, 6) is 0.992. The average molecular weight is 178 g/mol. The van der Waals surface area contributed by atoms with Gasteiger partial charge in [0, 0.05) is 25.8 Å². The maximum absolute atomic E-state index is 4.09. The first-order valence-corrected chi connectivity index (χ1v) is 4.70. The minimum atomic E-state index is 0.992. The predicted octanol–water partition coefficient (Wildman–Crippen LogP) is 0.276. The Labute approximate surface area is 78.0 Å². The summed E-state index contributed by atoms with van der Waals surface area (Å²) >= 11 is 0. The van der Waals surface area contributed by atoms with Gasteiger partial charge in [-0.3, -0.25) is 0 Å². The second-order valence-corrected chi connectivity index (χ2v) is 3.17. The molecule has 1 fully saturated rings. The lowest BCUT2D eigenvalue weighted by Crippen LogP contribution is -2.28. The van der Waals surface area contributed by atoms with E-state index in [0.717, 1.165) is 32.0 Å². The Balaban J connectivity index is 2.06. The second kappa shape index (κ2) is 4.18. The monoisotopic (exact) mass is 178 g/mol. The number of hydrogen-bond acceptors (Lipinski definition) is 4. The number of rotatable bonds is 1. The fourth-order valence-corrected chi connectivity index (χ4v) is 1.54. The lowest BCUT2D eigenvalue weighted by Gasteiger charge is -2.19. The summed E-state index contributed by atoms with van der Waals surface area (Å²) in [6.07, 6.45) is 2.89. The Morgan fingerprint density at radius 2 is 2.31 bits per heavy atom. The molecule has 0 spiro atoms. The van der Waals surface area contributed by atoms with Crippen molar-refractivity contribution >= 4 is 5.82 Å². The molecule has 0 aliphatic carbocycles. The van der Waals surface area contributed by atoms with Gasteiger partial charge in [0.05, 0.1) is 0 Å². The van der Waals surface area contributed by atoms with E-state index in [1.54, 1.807) is 6.20 Å². The Morgan fingerprint density at radius 3 is 3.15 bits per heavy atom. The van der Waals surface area contributed by atoms with Crippen molar-refractivity contribution < 1.29 is 0 Å². The Kier molecular flexibility index (Phi) is 2.72. The molecule has 0 bridgehead atoms. The molecule has 1 aliphatic rings. The fraction of sp³-hybridized carbons (Fsp3) is 0.556. The zero-order valence-corrected chi connectivity index (χ0v) is 7.61. The first-order chi connectivity index (χ1) is 6.47. The molecule has 4 nitrogen and oxygen atoms in total. The van der Waals surface area contributed by atoms with Gasteiger partial charge in [-0.1, -0.05) is 0 Å². The van der Waals surface area contributed by atoms with Crippen LogP contribution in [0.5, 0.6) is 0 Å². The smallest absolute Gasteiger partial charge is 0.151 e. The van der Waals surface area contributed by atoms with Gasteiger partial charge in [-0.2, -0.15) is 5.10 Å². The quantitative estimate of drug-likeness (QED) is 0.670. The number of nitrogens with one attached hydrogen (secondary N) is 1. The maximum atomic E-state index is 4.09. The van der Waals surface area contributed by atoms with Crippen molar-refractivity contribution in [2.24, 2.45) is 0 Å². The van der Waals surface area contributed by atoms with Gasteiger partial charge in [-0.05, 0) is 25.1 Å². The Morgan fingerprint density at radius 1 is 1.31 bits per heavy atom. The van der Waals surface area contributed by atoms with Crippen molar-refractivity contribution in [2.45, 2.75) is 6.42 Å². The van der Waals surface area contributed by atoms with Gasteiger partial charge in [-0.15, -0.1) is 5.10 Å². The van der Waals surface area contributed by atoms with E-state index in [1.807, 2.05) is 12.1 Å². The van der Waals surface area contributed by atoms with Crippen LogP contribution in [0.4, 0.5) is 5.82 Å². The maximum Gasteiger partial charge on any atom is 0.151 e. The summed E-state index contributed by atoms with van der Waals surface area (Å²) in [6, 6.07) is 3.94. The van der Waals surface area contributed by atoms with Gasteiger partial charge in [0.15, 0.2) is 5.82 Å². The molecule has 2 heterocycles. The predicted molar refractivity (Wildman–Crippen MR) is 51.7 cm³/mol. The zero-order chi connectivity index (χ0) is 8.93. The van der Waals surface area contributed by atoms with Crippen LogP contribution in [0.25, 0.3) is 0 Å². The van der Waals surface area contributed by atoms with E-state index in [0.29, 0.717) is 0 Å². The molecule has 1 aromatic heterocycles. The van der Waals surface area contributed by atoms with E-state index in [4.69, 9.17) is 0 Å². The number of anilines is 1. The topological polar surface area (TPSA) is 41.1 Å². The molecule has 2 rings (SSSR count). The Hall–Kier alpha value is -1.16. The average Bonchev–Trinajstić information content (AvgIpc) is 2.47. The first kappa shape index (κ1) is 8.44. The van der Waals surface area contributed by atoms with Crippen LogP contribution in [0.1, 0.15) is 6.42 Å². The van der Waals surface area contributed by atoms with Gasteiger partial charge in [0.2, 0.25) is 0 Å². The van der Waals surface area contributed by atoms with Gasteiger partial charge in [0.25, 0.3) is 0 Å². The second-order valence-electron chi connectivity index (χ2n) is 3.17. The van der Waals surface area contributed by atoms with Crippen molar-refractivity contribution in [1.29, 1.82) is 0 Å². The van der Waals surface area contributed by atoms with Crippen LogP contribution < -0.4 is 10.2 Å². The van der Waals surface area contributed by atoms with E-state index in [2.05, 4.69) is 20.4 Å². The number of nitrogens with zero attached hydrogens (tertiary/aromatic N) is 3. The van der Waals surface area contributed by atoms with Gasteiger partial charge >= 0.3 is 0 Å². The highest BCUT2D eigenvalue weighted by atomic mass is 15.3. The molecule has 0 amide bonds. The third kappa shape index (κ3) is 2.15. The highest BCUT2D eigenvalue weighted by molar-refractivity contribution is 5.36. The van der Waals surface area contributed by atoms with Crippen molar-refractivity contribution in [3.05, 3.63) is 18.3 Å². The third-order valence-corrected chi connectivity index (χ3v) is 2.22. The van der Waals surface area contributed by atoms with Gasteiger partial charge in [-0.25, -0.2) is 0 Å². The van der Waals surface area contributed by atoms with E-state index in [-0.39, 0.29) is 0 Å². The van der Waals surface area contributed by atoms with Crippen LogP contribution in [0, 0.1) is 0 Å². The molecular formula is C9H14N4. The lowest BCUT2D eigenvalue weighted by molar-refractivity contribution is 0.724. The van der Waals surface area contributed by atoms with Gasteiger partial charge < -0.3 is 10.2 Å². The molecular weight excluding hydrogens is 164 g/mol. The standard InChI is InChI=1S/C9H14N4/c1-3-9(12-11-5-1)13-7-2-4-10-6-8-13/h1,3,5,10H,2,4,6-8H2. The van der Waals surface area contributed by atoms with Crippen LogP contribution in [-0.2, 0) is 0 Å². The van der Waals surface area contributed by atoms with E-state index >= 15 is 0 Å². The van der Waals surface area contributed by atoms with Crippen molar-refractivity contribution in [1.82, 2.24) is 15.5 Å². The molecule has 1 aromatic rings. The number of hydrogen-bond donors (Lipinski definition) is 1. The van der Waals surface area contributed by atoms with Crippen molar-refractivity contribution in [3.63, 3.8) is 0 Å². The lowest BCUT2D eigenvalue weighted by atomic mass is 10.4. The summed E-state index contributed by atoms with van der Waals surface area (Å²) in [5.41, 5.74) is 0. The summed E-state index contributed by atoms with van der Waals surface area (Å²) in [7, 11) is 0. The molecule has 70 valence electrons. The number of aromatic nitrogens is 2. The van der Waals surface area contributed by atoms with Crippen LogP contribution in [0.15, 0.2) is 18.3 Å². The van der Waals surface area contributed by atoms with Crippen molar-refractivity contribution in [2.75, 3.05) is 31.1 Å². The fourth-order valence-electron chi connectivity index (χ4n) is 1.54. The molecule has 1 N–H and O–H groups in total. The van der Waals surface area contributed by atoms with E-state index in [1.165, 1.54) is 6.42 Å². The SMILES string of the molecule is c1cnnc(N2CCCNCC2)c1. The summed E-state index contributed by atoms with van der Waals surface area (Å²) < 4.78 is 0. The summed E-state index contributed by atoms with van der Waals surface area (Å²) in [5, 5.41) is 11.3. The largest absolute Gasteiger partial charge is 0.354 e. The molecule has 0 unspecified atom stereocenters. The first-order valence-electron chi connectivity index (χ1n) is 4.70. The van der Waals surface area contributed by atoms with Crippen LogP contribution >= 0.6 is 0 Å². The van der Waals surface area contributed by atoms with E-state index in [9.17, 15) is 0 Å². The highest BCUT2D eigenvalue weighted by Gasteiger charge is 2.09.